The van der Waals surface area contributed by atoms with E-state index in [4.69, 9.17) is 16.3 Å². The van der Waals surface area contributed by atoms with Crippen LogP contribution in [0.4, 0.5) is 5.69 Å². The van der Waals surface area contributed by atoms with E-state index in [2.05, 4.69) is 5.32 Å². The van der Waals surface area contributed by atoms with E-state index in [1.807, 2.05) is 6.92 Å². The monoisotopic (exact) mass is 305 g/mol. The number of phenols is 1. The quantitative estimate of drug-likeness (QED) is 0.670. The molecule has 0 aliphatic heterocycles. The molecular formula is C16H16ClNO3. The molecular weight excluding hydrogens is 290 g/mol. The van der Waals surface area contributed by atoms with Crippen LogP contribution in [-0.2, 0) is 4.79 Å². The van der Waals surface area contributed by atoms with Crippen molar-refractivity contribution >= 4 is 23.2 Å². The second-order valence-electron chi connectivity index (χ2n) is 4.65. The Hall–Kier alpha value is -2.20. The lowest BCUT2D eigenvalue weighted by Gasteiger charge is -2.13. The molecule has 0 saturated heterocycles. The lowest BCUT2D eigenvalue weighted by atomic mass is 10.1. The van der Waals surface area contributed by atoms with E-state index in [1.54, 1.807) is 43.5 Å². The summed E-state index contributed by atoms with van der Waals surface area (Å²) in [5.41, 5.74) is 1.93. The maximum atomic E-state index is 12.1. The molecule has 0 spiro atoms. The van der Waals surface area contributed by atoms with Gasteiger partial charge in [0.05, 0.1) is 12.8 Å². The van der Waals surface area contributed by atoms with Crippen LogP contribution in [0.25, 0.3) is 0 Å². The number of phenolic OH excluding ortho intramolecular Hbond substituents is 1. The molecule has 2 N–H and O–H groups in total. The summed E-state index contributed by atoms with van der Waals surface area (Å²) >= 11 is 6.16. The molecule has 0 radical (unpaired) electrons. The van der Waals surface area contributed by atoms with Crippen LogP contribution in [-0.4, -0.2) is 18.1 Å². The molecule has 0 saturated carbocycles. The molecule has 1 amide bonds. The van der Waals surface area contributed by atoms with Gasteiger partial charge in [0, 0.05) is 0 Å². The second kappa shape index (κ2) is 6.50. The van der Waals surface area contributed by atoms with Gasteiger partial charge in [-0.05, 0) is 42.3 Å². The first-order chi connectivity index (χ1) is 10.0. The fourth-order valence-electron chi connectivity index (χ4n) is 1.87. The first-order valence-electron chi connectivity index (χ1n) is 6.40. The van der Waals surface area contributed by atoms with Crippen molar-refractivity contribution in [3.63, 3.8) is 0 Å². The zero-order valence-corrected chi connectivity index (χ0v) is 12.5. The normalized spacial score (nSPS) is 11.8. The van der Waals surface area contributed by atoms with Crippen LogP contribution in [0, 0.1) is 6.92 Å². The van der Waals surface area contributed by atoms with Gasteiger partial charge in [-0.1, -0.05) is 18.2 Å². The van der Waals surface area contributed by atoms with Crippen LogP contribution < -0.4 is 10.1 Å². The van der Waals surface area contributed by atoms with E-state index >= 15 is 0 Å². The minimum absolute atomic E-state index is 0.00699. The fraction of sp³-hybridized carbons (Fsp3) is 0.188. The summed E-state index contributed by atoms with van der Waals surface area (Å²) in [6.45, 7) is 1.87. The smallest absolute Gasteiger partial charge is 0.247 e. The van der Waals surface area contributed by atoms with Gasteiger partial charge in [0.15, 0.2) is 0 Å². The standard InChI is InChI=1S/C16H16ClNO3/c1-10-3-8-14(19)13(9-10)18-16(20)15(17)11-4-6-12(21-2)7-5-11/h3-9,15,19H,1-2H3,(H,18,20). The maximum Gasteiger partial charge on any atom is 0.247 e. The molecule has 21 heavy (non-hydrogen) atoms. The number of aryl methyl sites for hydroxylation is 1. The molecule has 0 aliphatic rings. The van der Waals surface area contributed by atoms with Crippen molar-refractivity contribution in [2.45, 2.75) is 12.3 Å². The molecule has 110 valence electrons. The summed E-state index contributed by atoms with van der Waals surface area (Å²) in [6.07, 6.45) is 0. The van der Waals surface area contributed by atoms with Crippen molar-refractivity contribution in [3.05, 3.63) is 53.6 Å². The Bertz CT molecular complexity index is 640. The molecule has 0 aromatic heterocycles. The lowest BCUT2D eigenvalue weighted by Crippen LogP contribution is -2.17. The zero-order valence-electron chi connectivity index (χ0n) is 11.8. The molecule has 0 fully saturated rings. The average Bonchev–Trinajstić information content (AvgIpc) is 2.50. The van der Waals surface area contributed by atoms with Gasteiger partial charge in [-0.3, -0.25) is 4.79 Å². The number of hydrogen-bond acceptors (Lipinski definition) is 3. The Morgan fingerprint density at radius 2 is 1.90 bits per heavy atom. The minimum atomic E-state index is -0.851. The van der Waals surface area contributed by atoms with Crippen molar-refractivity contribution in [2.75, 3.05) is 12.4 Å². The number of halogens is 1. The molecule has 0 bridgehead atoms. The zero-order chi connectivity index (χ0) is 15.4. The van der Waals surface area contributed by atoms with Crippen molar-refractivity contribution in [1.82, 2.24) is 0 Å². The molecule has 0 aliphatic carbocycles. The van der Waals surface area contributed by atoms with E-state index in [0.717, 1.165) is 5.56 Å². The highest BCUT2D eigenvalue weighted by atomic mass is 35.5. The van der Waals surface area contributed by atoms with Gasteiger partial charge < -0.3 is 15.2 Å². The third-order valence-corrected chi connectivity index (χ3v) is 3.50. The highest BCUT2D eigenvalue weighted by molar-refractivity contribution is 6.32. The van der Waals surface area contributed by atoms with Crippen LogP contribution in [0.15, 0.2) is 42.5 Å². The minimum Gasteiger partial charge on any atom is -0.506 e. The van der Waals surface area contributed by atoms with Gasteiger partial charge in [-0.2, -0.15) is 0 Å². The predicted molar refractivity (Wildman–Crippen MR) is 83.1 cm³/mol. The van der Waals surface area contributed by atoms with Crippen LogP contribution in [0.1, 0.15) is 16.5 Å². The second-order valence-corrected chi connectivity index (χ2v) is 5.08. The number of aromatic hydroxyl groups is 1. The van der Waals surface area contributed by atoms with Gasteiger partial charge in [0.1, 0.15) is 16.9 Å². The van der Waals surface area contributed by atoms with Gasteiger partial charge in [0.2, 0.25) is 5.91 Å². The number of alkyl halides is 1. The number of amides is 1. The van der Waals surface area contributed by atoms with Crippen LogP contribution in [0.5, 0.6) is 11.5 Å². The number of nitrogens with one attached hydrogen (secondary N) is 1. The number of rotatable bonds is 4. The molecule has 2 aromatic carbocycles. The molecule has 2 rings (SSSR count). The van der Waals surface area contributed by atoms with Gasteiger partial charge in [-0.15, -0.1) is 11.6 Å². The lowest BCUT2D eigenvalue weighted by molar-refractivity contribution is -0.116. The third-order valence-electron chi connectivity index (χ3n) is 3.05. The number of benzene rings is 2. The molecule has 1 atom stereocenters. The maximum absolute atomic E-state index is 12.1. The van der Waals surface area contributed by atoms with Crippen molar-refractivity contribution in [2.24, 2.45) is 0 Å². The van der Waals surface area contributed by atoms with Crippen molar-refractivity contribution in [1.29, 1.82) is 0 Å². The number of ether oxygens (including phenoxy) is 1. The Labute approximate surface area is 128 Å². The van der Waals surface area contributed by atoms with Crippen LogP contribution >= 0.6 is 11.6 Å². The molecule has 0 heterocycles. The van der Waals surface area contributed by atoms with Gasteiger partial charge in [-0.25, -0.2) is 0 Å². The first kappa shape index (κ1) is 15.2. The summed E-state index contributed by atoms with van der Waals surface area (Å²) in [7, 11) is 1.57. The van der Waals surface area contributed by atoms with Crippen LogP contribution in [0.3, 0.4) is 0 Å². The number of methoxy groups -OCH3 is 1. The first-order valence-corrected chi connectivity index (χ1v) is 6.83. The van der Waals surface area contributed by atoms with Crippen LogP contribution in [0.2, 0.25) is 0 Å². The number of carbonyl (C=O) groups excluding carboxylic acids is 1. The Morgan fingerprint density at radius 1 is 1.24 bits per heavy atom. The SMILES string of the molecule is COc1ccc(C(Cl)C(=O)Nc2cc(C)ccc2O)cc1. The molecule has 1 unspecified atom stereocenters. The molecule has 5 heteroatoms. The van der Waals surface area contributed by atoms with Gasteiger partial charge >= 0.3 is 0 Å². The number of anilines is 1. The molecule has 2 aromatic rings. The highest BCUT2D eigenvalue weighted by Gasteiger charge is 2.19. The molecule has 4 nitrogen and oxygen atoms in total. The van der Waals surface area contributed by atoms with E-state index in [-0.39, 0.29) is 5.75 Å². The number of carbonyl (C=O) groups is 1. The largest absolute Gasteiger partial charge is 0.506 e. The van der Waals surface area contributed by atoms with E-state index in [9.17, 15) is 9.90 Å². The van der Waals surface area contributed by atoms with Crippen molar-refractivity contribution in [3.8, 4) is 11.5 Å². The summed E-state index contributed by atoms with van der Waals surface area (Å²) in [5, 5.41) is 11.5. The summed E-state index contributed by atoms with van der Waals surface area (Å²) in [4.78, 5) is 12.1. The van der Waals surface area contributed by atoms with E-state index < -0.39 is 11.3 Å². The summed E-state index contributed by atoms with van der Waals surface area (Å²) < 4.78 is 5.06. The average molecular weight is 306 g/mol. The van der Waals surface area contributed by atoms with Gasteiger partial charge in [0.25, 0.3) is 0 Å². The van der Waals surface area contributed by atoms with E-state index in [1.165, 1.54) is 6.07 Å². The number of hydrogen-bond donors (Lipinski definition) is 2. The Balaban J connectivity index is 2.13. The third kappa shape index (κ3) is 3.67. The van der Waals surface area contributed by atoms with E-state index in [0.29, 0.717) is 17.0 Å². The Morgan fingerprint density at radius 3 is 2.52 bits per heavy atom. The highest BCUT2D eigenvalue weighted by Crippen LogP contribution is 2.28. The Kier molecular flexibility index (Phi) is 4.70. The topological polar surface area (TPSA) is 58.6 Å². The summed E-state index contributed by atoms with van der Waals surface area (Å²) in [6, 6.07) is 11.9. The van der Waals surface area contributed by atoms with Crippen molar-refractivity contribution < 1.29 is 14.6 Å². The fourth-order valence-corrected chi connectivity index (χ4v) is 2.07. The summed E-state index contributed by atoms with van der Waals surface area (Å²) in [5.74, 6) is 0.301. The predicted octanol–water partition coefficient (Wildman–Crippen LogP) is 3.63.